The number of hydrogen-bond acceptors (Lipinski definition) is 3. The monoisotopic (exact) mass is 393 g/mol. The van der Waals surface area contributed by atoms with Crippen molar-refractivity contribution in [2.24, 2.45) is 4.99 Å². The van der Waals surface area contributed by atoms with E-state index in [1.807, 2.05) is 25.1 Å². The van der Waals surface area contributed by atoms with Gasteiger partial charge in [-0.1, -0.05) is 50.9 Å². The molecule has 1 aromatic heterocycles. The Labute approximate surface area is 165 Å². The zero-order valence-corrected chi connectivity index (χ0v) is 17.6. The van der Waals surface area contributed by atoms with Gasteiger partial charge in [-0.15, -0.1) is 0 Å². The van der Waals surface area contributed by atoms with Crippen LogP contribution in [0.4, 0.5) is 5.69 Å². The van der Waals surface area contributed by atoms with Crippen LogP contribution in [-0.4, -0.2) is 30.3 Å². The maximum absolute atomic E-state index is 6.08. The quantitative estimate of drug-likeness (QED) is 0.407. The molecule has 0 fully saturated rings. The van der Waals surface area contributed by atoms with Crippen molar-refractivity contribution < 1.29 is 4.74 Å². The summed E-state index contributed by atoms with van der Waals surface area (Å²) in [5, 5.41) is 0.940. The third-order valence-corrected chi connectivity index (χ3v) is 4.46. The number of halogens is 2. The molecule has 4 nitrogen and oxygen atoms in total. The van der Waals surface area contributed by atoms with Crippen LogP contribution in [0.1, 0.15) is 50.8 Å². The fraction of sp³-hybridized carbons (Fsp3) is 0.400. The fourth-order valence-corrected chi connectivity index (χ4v) is 2.71. The highest BCUT2D eigenvalue weighted by molar-refractivity contribution is 6.42. The molecule has 0 spiro atoms. The Balaban J connectivity index is 2.52. The van der Waals surface area contributed by atoms with E-state index in [4.69, 9.17) is 32.9 Å². The minimum Gasteiger partial charge on any atom is -0.439 e. The first-order chi connectivity index (χ1) is 12.2. The summed E-state index contributed by atoms with van der Waals surface area (Å²) < 4.78 is 5.96. The predicted octanol–water partition coefficient (Wildman–Crippen LogP) is 6.65. The summed E-state index contributed by atoms with van der Waals surface area (Å²) >= 11 is 12.1. The zero-order valence-electron chi connectivity index (χ0n) is 16.0. The third-order valence-electron chi connectivity index (χ3n) is 3.73. The maximum Gasteiger partial charge on any atom is 0.219 e. The van der Waals surface area contributed by atoms with Gasteiger partial charge in [0.05, 0.1) is 27.8 Å². The number of ether oxygens (including phenoxy) is 1. The van der Waals surface area contributed by atoms with Crippen LogP contribution in [0.2, 0.25) is 10.0 Å². The van der Waals surface area contributed by atoms with E-state index in [2.05, 4.69) is 32.7 Å². The lowest BCUT2D eigenvalue weighted by molar-refractivity contribution is 0.458. The zero-order chi connectivity index (χ0) is 19.4. The molecule has 0 radical (unpaired) electrons. The predicted molar refractivity (Wildman–Crippen MR) is 111 cm³/mol. The van der Waals surface area contributed by atoms with Crippen molar-refractivity contribution in [1.82, 2.24) is 9.88 Å². The van der Waals surface area contributed by atoms with E-state index in [9.17, 15) is 0 Å². The Bertz CT molecular complexity index is 773. The molecule has 0 aliphatic heterocycles. The second-order valence-corrected chi connectivity index (χ2v) is 7.79. The number of pyridine rings is 1. The van der Waals surface area contributed by atoms with Crippen LogP contribution in [0.15, 0.2) is 29.3 Å². The van der Waals surface area contributed by atoms with Crippen molar-refractivity contribution in [1.29, 1.82) is 0 Å². The molecular weight excluding hydrogens is 369 g/mol. The molecule has 1 aromatic carbocycles. The fourth-order valence-electron chi connectivity index (χ4n) is 2.42. The lowest BCUT2D eigenvalue weighted by Gasteiger charge is -2.18. The Morgan fingerprint density at radius 2 is 1.73 bits per heavy atom. The number of benzene rings is 1. The Kier molecular flexibility index (Phi) is 6.90. The van der Waals surface area contributed by atoms with E-state index in [0.29, 0.717) is 21.7 Å². The largest absolute Gasteiger partial charge is 0.439 e. The highest BCUT2D eigenvalue weighted by Crippen LogP contribution is 2.37. The van der Waals surface area contributed by atoms with Gasteiger partial charge in [0.15, 0.2) is 0 Å². The van der Waals surface area contributed by atoms with Gasteiger partial charge in [0, 0.05) is 26.2 Å². The van der Waals surface area contributed by atoms with Crippen molar-refractivity contribution in [2.45, 2.75) is 39.5 Å². The van der Waals surface area contributed by atoms with Crippen molar-refractivity contribution in [2.75, 3.05) is 14.1 Å². The van der Waals surface area contributed by atoms with Crippen LogP contribution in [0.3, 0.4) is 0 Å². The number of hydrogen-bond donors (Lipinski definition) is 0. The van der Waals surface area contributed by atoms with Crippen LogP contribution in [-0.2, 0) is 0 Å². The second kappa shape index (κ2) is 8.74. The van der Waals surface area contributed by atoms with E-state index in [1.54, 1.807) is 24.5 Å². The molecule has 1 heterocycles. The number of rotatable bonds is 6. The molecule has 2 rings (SSSR count). The van der Waals surface area contributed by atoms with Crippen LogP contribution >= 0.6 is 23.2 Å². The molecule has 2 aromatic rings. The minimum absolute atomic E-state index is 0.208. The van der Waals surface area contributed by atoms with E-state index in [1.165, 1.54) is 0 Å². The summed E-state index contributed by atoms with van der Waals surface area (Å²) in [5.74, 6) is 1.61. The number of aromatic nitrogens is 1. The Hall–Kier alpha value is -1.78. The highest BCUT2D eigenvalue weighted by atomic mass is 35.5. The molecule has 0 unspecified atom stereocenters. The summed E-state index contributed by atoms with van der Waals surface area (Å²) in [6.07, 6.45) is 1.80. The number of aliphatic imine (C=N–C) groups is 1. The Morgan fingerprint density at radius 3 is 2.27 bits per heavy atom. The molecule has 0 saturated heterocycles. The van der Waals surface area contributed by atoms with Crippen molar-refractivity contribution in [3.05, 3.63) is 45.6 Å². The van der Waals surface area contributed by atoms with Crippen molar-refractivity contribution >= 4 is 35.2 Å². The molecule has 0 aliphatic carbocycles. The van der Waals surface area contributed by atoms with E-state index in [-0.39, 0.29) is 11.8 Å². The van der Waals surface area contributed by atoms with Crippen LogP contribution < -0.4 is 4.74 Å². The first kappa shape index (κ1) is 20.5. The maximum atomic E-state index is 6.08. The highest BCUT2D eigenvalue weighted by Gasteiger charge is 2.18. The molecule has 0 bridgehead atoms. The van der Waals surface area contributed by atoms with Gasteiger partial charge < -0.3 is 9.64 Å². The summed E-state index contributed by atoms with van der Waals surface area (Å²) in [4.78, 5) is 11.3. The summed E-state index contributed by atoms with van der Waals surface area (Å²) in [5.41, 5.74) is 2.91. The van der Waals surface area contributed by atoms with Gasteiger partial charge in [-0.25, -0.2) is 9.98 Å². The van der Waals surface area contributed by atoms with Gasteiger partial charge in [-0.05, 0) is 29.5 Å². The SMILES string of the molecule is CC(C)c1cc(Oc2ccc(Cl)c(Cl)c2)nc(C(C)C)c1N=CN(C)C. The smallest absolute Gasteiger partial charge is 0.219 e. The van der Waals surface area contributed by atoms with Gasteiger partial charge in [-0.3, -0.25) is 0 Å². The Morgan fingerprint density at radius 1 is 1.04 bits per heavy atom. The minimum atomic E-state index is 0.208. The number of nitrogens with zero attached hydrogens (tertiary/aromatic N) is 3. The summed E-state index contributed by atoms with van der Waals surface area (Å²) in [7, 11) is 3.89. The molecule has 0 amide bonds. The molecule has 26 heavy (non-hydrogen) atoms. The van der Waals surface area contributed by atoms with Crippen LogP contribution in [0, 0.1) is 0 Å². The molecule has 0 saturated carbocycles. The summed E-state index contributed by atoms with van der Waals surface area (Å²) in [6.45, 7) is 8.47. The van der Waals surface area contributed by atoms with Gasteiger partial charge in [0.25, 0.3) is 0 Å². The van der Waals surface area contributed by atoms with E-state index in [0.717, 1.165) is 16.9 Å². The molecule has 140 valence electrons. The molecule has 0 atom stereocenters. The van der Waals surface area contributed by atoms with Gasteiger partial charge >= 0.3 is 0 Å². The standard InChI is InChI=1S/C20H25Cl2N3O/c1-12(2)15-10-18(26-14-7-8-16(21)17(22)9-14)24-19(13(3)4)20(15)23-11-25(5)6/h7-13H,1-6H3. The normalized spacial score (nSPS) is 11.6. The molecule has 6 heteroatoms. The molecule has 0 N–H and O–H groups in total. The lowest BCUT2D eigenvalue weighted by Crippen LogP contribution is -2.08. The van der Waals surface area contributed by atoms with Gasteiger partial charge in [0.2, 0.25) is 5.88 Å². The average molecular weight is 394 g/mol. The second-order valence-electron chi connectivity index (χ2n) is 6.98. The van der Waals surface area contributed by atoms with Crippen molar-refractivity contribution in [3.63, 3.8) is 0 Å². The van der Waals surface area contributed by atoms with Gasteiger partial charge in [-0.2, -0.15) is 0 Å². The van der Waals surface area contributed by atoms with E-state index >= 15 is 0 Å². The third kappa shape index (κ3) is 5.12. The van der Waals surface area contributed by atoms with Crippen molar-refractivity contribution in [3.8, 4) is 11.6 Å². The molecular formula is C20H25Cl2N3O. The summed E-state index contributed by atoms with van der Waals surface area (Å²) in [6, 6.07) is 7.12. The first-order valence-electron chi connectivity index (χ1n) is 8.57. The lowest BCUT2D eigenvalue weighted by atomic mass is 9.97. The van der Waals surface area contributed by atoms with Crippen LogP contribution in [0.25, 0.3) is 0 Å². The average Bonchev–Trinajstić information content (AvgIpc) is 2.55. The van der Waals surface area contributed by atoms with Crippen LogP contribution in [0.5, 0.6) is 11.6 Å². The van der Waals surface area contributed by atoms with Gasteiger partial charge in [0.1, 0.15) is 5.75 Å². The van der Waals surface area contributed by atoms with E-state index < -0.39 is 0 Å². The first-order valence-corrected chi connectivity index (χ1v) is 9.33. The molecule has 0 aliphatic rings. The topological polar surface area (TPSA) is 37.7 Å².